The molecule has 0 saturated carbocycles. The maximum atomic E-state index is 11.6. The van der Waals surface area contributed by atoms with E-state index >= 15 is 0 Å². The van der Waals surface area contributed by atoms with Crippen molar-refractivity contribution in [1.82, 2.24) is 5.32 Å². The molecule has 0 aromatic heterocycles. The van der Waals surface area contributed by atoms with E-state index in [1.165, 1.54) is 0 Å². The number of ether oxygens (including phenoxy) is 1. The fourth-order valence-electron chi connectivity index (χ4n) is 2.16. The van der Waals surface area contributed by atoms with Crippen molar-refractivity contribution in [3.8, 4) is 0 Å². The summed E-state index contributed by atoms with van der Waals surface area (Å²) in [5.41, 5.74) is 2.27. The van der Waals surface area contributed by atoms with Gasteiger partial charge in [-0.15, -0.1) is 0 Å². The minimum absolute atomic E-state index is 0.118. The zero-order valence-electron chi connectivity index (χ0n) is 13.4. The Morgan fingerprint density at radius 3 is 2.64 bits per heavy atom. The summed E-state index contributed by atoms with van der Waals surface area (Å²) in [5.74, 6) is -0.931. The van der Waals surface area contributed by atoms with E-state index in [-0.39, 0.29) is 19.6 Å². The minimum atomic E-state index is -0.931. The maximum Gasteiger partial charge on any atom is 0.407 e. The number of aliphatic carboxylic acids is 1. The molecule has 2 N–H and O–H groups in total. The van der Waals surface area contributed by atoms with Crippen LogP contribution in [-0.4, -0.2) is 23.7 Å². The highest BCUT2D eigenvalue weighted by atomic mass is 35.5. The first-order valence-corrected chi connectivity index (χ1v) is 8.03. The zero-order chi connectivity index (χ0) is 18.1. The van der Waals surface area contributed by atoms with Crippen LogP contribution in [0.1, 0.15) is 16.7 Å². The summed E-state index contributed by atoms with van der Waals surface area (Å²) in [6.45, 7) is 0.471. The number of hydrogen-bond acceptors (Lipinski definition) is 3. The molecule has 0 aliphatic heterocycles. The predicted molar refractivity (Wildman–Crippen MR) is 96.5 cm³/mol. The Bertz CT molecular complexity index is 759. The number of rotatable bonds is 7. The lowest BCUT2D eigenvalue weighted by atomic mass is 10.0. The Kier molecular flexibility index (Phi) is 7.04. The number of benzene rings is 2. The molecule has 0 heterocycles. The van der Waals surface area contributed by atoms with Gasteiger partial charge in [-0.3, -0.25) is 4.79 Å². The normalized spacial score (nSPS) is 10.6. The first-order valence-electron chi connectivity index (χ1n) is 7.66. The van der Waals surface area contributed by atoms with Crippen LogP contribution in [0.25, 0.3) is 6.08 Å². The molecular formula is C19H18ClNO4. The quantitative estimate of drug-likeness (QED) is 0.786. The third kappa shape index (κ3) is 6.69. The number of carboxylic acids is 1. The SMILES string of the molecule is O=C(O)Cc1cc(Cl)ccc1C=CCNC(=O)OCc1ccccc1. The van der Waals surface area contributed by atoms with Crippen LogP contribution >= 0.6 is 11.6 Å². The van der Waals surface area contributed by atoms with E-state index in [1.54, 1.807) is 30.4 Å². The molecule has 130 valence electrons. The van der Waals surface area contributed by atoms with Crippen molar-refractivity contribution < 1.29 is 19.4 Å². The summed E-state index contributed by atoms with van der Waals surface area (Å²) in [6.07, 6.45) is 2.83. The van der Waals surface area contributed by atoms with Crippen LogP contribution in [-0.2, 0) is 22.6 Å². The fraction of sp³-hybridized carbons (Fsp3) is 0.158. The molecule has 0 spiro atoms. The van der Waals surface area contributed by atoms with Crippen molar-refractivity contribution >= 4 is 29.7 Å². The van der Waals surface area contributed by atoms with E-state index in [0.29, 0.717) is 10.6 Å². The molecule has 2 aromatic carbocycles. The third-order valence-electron chi connectivity index (χ3n) is 3.32. The van der Waals surface area contributed by atoms with Gasteiger partial charge in [-0.05, 0) is 28.8 Å². The van der Waals surface area contributed by atoms with Crippen LogP contribution < -0.4 is 5.32 Å². The molecular weight excluding hydrogens is 342 g/mol. The average Bonchev–Trinajstić information content (AvgIpc) is 2.59. The molecule has 2 rings (SSSR count). The van der Waals surface area contributed by atoms with Crippen LogP contribution in [0, 0.1) is 0 Å². The summed E-state index contributed by atoms with van der Waals surface area (Å²) in [5, 5.41) is 12.0. The Morgan fingerprint density at radius 1 is 1.16 bits per heavy atom. The molecule has 0 radical (unpaired) electrons. The molecule has 2 aromatic rings. The van der Waals surface area contributed by atoms with Gasteiger partial charge in [-0.25, -0.2) is 4.79 Å². The van der Waals surface area contributed by atoms with Crippen LogP contribution in [0.4, 0.5) is 4.79 Å². The van der Waals surface area contributed by atoms with E-state index in [2.05, 4.69) is 5.32 Å². The molecule has 1 amide bonds. The smallest absolute Gasteiger partial charge is 0.407 e. The standard InChI is InChI=1S/C19H18ClNO4/c20-17-9-8-15(16(11-17)12-18(22)23)7-4-10-21-19(24)25-13-14-5-2-1-3-6-14/h1-9,11H,10,12-13H2,(H,21,24)(H,22,23). The summed E-state index contributed by atoms with van der Waals surface area (Å²) in [7, 11) is 0. The molecule has 0 bridgehead atoms. The molecule has 0 unspecified atom stereocenters. The lowest BCUT2D eigenvalue weighted by Gasteiger charge is -2.06. The van der Waals surface area contributed by atoms with Crippen molar-refractivity contribution in [2.75, 3.05) is 6.54 Å². The van der Waals surface area contributed by atoms with Gasteiger partial charge in [0.05, 0.1) is 6.42 Å². The number of halogens is 1. The number of carboxylic acid groups (broad SMARTS) is 1. The number of amides is 1. The van der Waals surface area contributed by atoms with E-state index in [0.717, 1.165) is 11.1 Å². The lowest BCUT2D eigenvalue weighted by molar-refractivity contribution is -0.136. The van der Waals surface area contributed by atoms with Gasteiger partial charge < -0.3 is 15.2 Å². The number of carbonyl (C=O) groups is 2. The van der Waals surface area contributed by atoms with Gasteiger partial charge in [0.1, 0.15) is 6.61 Å². The fourth-order valence-corrected chi connectivity index (χ4v) is 2.35. The first-order chi connectivity index (χ1) is 12.0. The molecule has 6 heteroatoms. The summed E-state index contributed by atoms with van der Waals surface area (Å²) in [6, 6.07) is 14.4. The maximum absolute atomic E-state index is 11.6. The van der Waals surface area contributed by atoms with E-state index in [1.807, 2.05) is 30.3 Å². The van der Waals surface area contributed by atoms with Gasteiger partial charge in [0.15, 0.2) is 0 Å². The molecule has 0 atom stereocenters. The monoisotopic (exact) mass is 359 g/mol. The van der Waals surface area contributed by atoms with Crippen molar-refractivity contribution in [2.24, 2.45) is 0 Å². The van der Waals surface area contributed by atoms with Crippen molar-refractivity contribution in [1.29, 1.82) is 0 Å². The second-order valence-corrected chi connectivity index (χ2v) is 5.70. The second kappa shape index (κ2) is 9.49. The van der Waals surface area contributed by atoms with E-state index < -0.39 is 12.1 Å². The Labute approximate surface area is 150 Å². The van der Waals surface area contributed by atoms with Gasteiger partial charge in [0.2, 0.25) is 0 Å². The molecule has 25 heavy (non-hydrogen) atoms. The number of carbonyl (C=O) groups excluding carboxylic acids is 1. The molecule has 0 aliphatic carbocycles. The van der Waals surface area contributed by atoms with Crippen molar-refractivity contribution in [2.45, 2.75) is 13.0 Å². The third-order valence-corrected chi connectivity index (χ3v) is 3.56. The largest absolute Gasteiger partial charge is 0.481 e. The van der Waals surface area contributed by atoms with Gasteiger partial charge in [0.25, 0.3) is 0 Å². The topological polar surface area (TPSA) is 75.6 Å². The Balaban J connectivity index is 1.82. The van der Waals surface area contributed by atoms with Crippen molar-refractivity contribution in [3.63, 3.8) is 0 Å². The minimum Gasteiger partial charge on any atom is -0.481 e. The summed E-state index contributed by atoms with van der Waals surface area (Å²) >= 11 is 5.90. The number of hydrogen-bond donors (Lipinski definition) is 2. The van der Waals surface area contributed by atoms with Crippen LogP contribution in [0.3, 0.4) is 0 Å². The molecule has 0 saturated heterocycles. The van der Waals surface area contributed by atoms with E-state index in [9.17, 15) is 9.59 Å². The summed E-state index contributed by atoms with van der Waals surface area (Å²) < 4.78 is 5.09. The van der Waals surface area contributed by atoms with Crippen LogP contribution in [0.5, 0.6) is 0 Å². The molecule has 5 nitrogen and oxygen atoms in total. The molecule has 0 fully saturated rings. The van der Waals surface area contributed by atoms with Crippen molar-refractivity contribution in [3.05, 3.63) is 76.3 Å². The highest BCUT2D eigenvalue weighted by Gasteiger charge is 2.06. The Morgan fingerprint density at radius 2 is 1.92 bits per heavy atom. The lowest BCUT2D eigenvalue weighted by Crippen LogP contribution is -2.24. The second-order valence-electron chi connectivity index (χ2n) is 5.26. The number of nitrogens with one attached hydrogen (secondary N) is 1. The predicted octanol–water partition coefficient (Wildman–Crippen LogP) is 3.91. The van der Waals surface area contributed by atoms with Gasteiger partial charge in [-0.1, -0.05) is 60.2 Å². The van der Waals surface area contributed by atoms with Gasteiger partial charge in [-0.2, -0.15) is 0 Å². The average molecular weight is 360 g/mol. The summed E-state index contributed by atoms with van der Waals surface area (Å²) in [4.78, 5) is 22.5. The highest BCUT2D eigenvalue weighted by Crippen LogP contribution is 2.18. The number of alkyl carbamates (subject to hydrolysis) is 1. The van der Waals surface area contributed by atoms with Crippen LogP contribution in [0.2, 0.25) is 5.02 Å². The highest BCUT2D eigenvalue weighted by molar-refractivity contribution is 6.30. The van der Waals surface area contributed by atoms with E-state index in [4.69, 9.17) is 21.4 Å². The van der Waals surface area contributed by atoms with Gasteiger partial charge in [0, 0.05) is 11.6 Å². The zero-order valence-corrected chi connectivity index (χ0v) is 14.2. The first kappa shape index (κ1) is 18.5. The Hall–Kier alpha value is -2.79. The van der Waals surface area contributed by atoms with Crippen LogP contribution in [0.15, 0.2) is 54.6 Å². The van der Waals surface area contributed by atoms with Gasteiger partial charge >= 0.3 is 12.1 Å². The molecule has 0 aliphatic rings.